The number of thiophene rings is 1. The standard InChI is InChI=1S/C16H12Cl2O2S/c1-2-20-14(19)8-9-3-4-10-13(7-9)21-12-6-5-11(17)16(18)15(10)12/h3-7H,2,8H2,1H3. The van der Waals surface area contributed by atoms with Crippen LogP contribution in [0.5, 0.6) is 0 Å². The third-order valence-electron chi connectivity index (χ3n) is 3.25. The van der Waals surface area contributed by atoms with Crippen LogP contribution in [0.25, 0.3) is 20.2 Å². The van der Waals surface area contributed by atoms with Crippen molar-refractivity contribution in [3.8, 4) is 0 Å². The van der Waals surface area contributed by atoms with Crippen molar-refractivity contribution in [1.82, 2.24) is 0 Å². The van der Waals surface area contributed by atoms with Crippen LogP contribution in [-0.4, -0.2) is 12.6 Å². The quantitative estimate of drug-likeness (QED) is 0.592. The summed E-state index contributed by atoms with van der Waals surface area (Å²) in [7, 11) is 0. The number of hydrogen-bond acceptors (Lipinski definition) is 3. The fourth-order valence-corrected chi connectivity index (χ4v) is 3.99. The van der Waals surface area contributed by atoms with Crippen molar-refractivity contribution in [2.24, 2.45) is 0 Å². The molecule has 2 nitrogen and oxygen atoms in total. The number of halogens is 2. The first kappa shape index (κ1) is 14.6. The highest BCUT2D eigenvalue weighted by Crippen LogP contribution is 2.41. The van der Waals surface area contributed by atoms with Gasteiger partial charge in [-0.05, 0) is 30.7 Å². The van der Waals surface area contributed by atoms with Gasteiger partial charge in [-0.1, -0.05) is 35.3 Å². The number of benzene rings is 2. The molecule has 0 unspecified atom stereocenters. The second-order valence-electron chi connectivity index (χ2n) is 4.65. The molecule has 1 aromatic heterocycles. The number of esters is 1. The van der Waals surface area contributed by atoms with Crippen molar-refractivity contribution < 1.29 is 9.53 Å². The molecule has 1 heterocycles. The molecule has 108 valence electrons. The summed E-state index contributed by atoms with van der Waals surface area (Å²) in [6, 6.07) is 9.72. The van der Waals surface area contributed by atoms with E-state index in [1.54, 1.807) is 24.3 Å². The fraction of sp³-hybridized carbons (Fsp3) is 0.188. The lowest BCUT2D eigenvalue weighted by atomic mass is 10.1. The maximum atomic E-state index is 11.6. The lowest BCUT2D eigenvalue weighted by Gasteiger charge is -2.02. The Bertz CT molecular complexity index is 839. The summed E-state index contributed by atoms with van der Waals surface area (Å²) in [5.41, 5.74) is 0.940. The first-order valence-electron chi connectivity index (χ1n) is 6.55. The van der Waals surface area contributed by atoms with E-state index in [4.69, 9.17) is 27.9 Å². The Balaban J connectivity index is 2.09. The molecular formula is C16H12Cl2O2S. The van der Waals surface area contributed by atoms with Crippen LogP contribution in [0.4, 0.5) is 0 Å². The maximum absolute atomic E-state index is 11.6. The topological polar surface area (TPSA) is 26.3 Å². The van der Waals surface area contributed by atoms with Gasteiger partial charge >= 0.3 is 5.97 Å². The molecule has 0 aliphatic heterocycles. The van der Waals surface area contributed by atoms with E-state index in [1.807, 2.05) is 24.3 Å². The summed E-state index contributed by atoms with van der Waals surface area (Å²) in [5, 5.41) is 3.18. The third-order valence-corrected chi connectivity index (χ3v) is 5.17. The minimum atomic E-state index is -0.209. The molecule has 0 N–H and O–H groups in total. The zero-order chi connectivity index (χ0) is 15.0. The zero-order valence-corrected chi connectivity index (χ0v) is 13.6. The van der Waals surface area contributed by atoms with Crippen molar-refractivity contribution in [2.45, 2.75) is 13.3 Å². The molecule has 0 amide bonds. The Morgan fingerprint density at radius 1 is 1.19 bits per heavy atom. The first-order chi connectivity index (χ1) is 10.1. The largest absolute Gasteiger partial charge is 0.466 e. The molecule has 0 bridgehead atoms. The number of carbonyl (C=O) groups excluding carboxylic acids is 1. The van der Waals surface area contributed by atoms with Crippen LogP contribution >= 0.6 is 34.5 Å². The zero-order valence-electron chi connectivity index (χ0n) is 11.3. The fourth-order valence-electron chi connectivity index (χ4n) is 2.33. The highest BCUT2D eigenvalue weighted by molar-refractivity contribution is 7.26. The number of ether oxygens (including phenoxy) is 1. The highest BCUT2D eigenvalue weighted by atomic mass is 35.5. The second kappa shape index (κ2) is 5.84. The van der Waals surface area contributed by atoms with Gasteiger partial charge in [-0.25, -0.2) is 0 Å². The average Bonchev–Trinajstić information content (AvgIpc) is 2.81. The van der Waals surface area contributed by atoms with Crippen LogP contribution in [0.3, 0.4) is 0 Å². The normalized spacial score (nSPS) is 11.2. The van der Waals surface area contributed by atoms with E-state index in [-0.39, 0.29) is 12.4 Å². The van der Waals surface area contributed by atoms with Gasteiger partial charge in [0.25, 0.3) is 0 Å². The van der Waals surface area contributed by atoms with Crippen LogP contribution in [-0.2, 0) is 16.0 Å². The van der Waals surface area contributed by atoms with Gasteiger partial charge in [0, 0.05) is 20.2 Å². The Morgan fingerprint density at radius 3 is 2.76 bits per heavy atom. The Hall–Kier alpha value is -1.29. The van der Waals surface area contributed by atoms with E-state index in [2.05, 4.69) is 0 Å². The lowest BCUT2D eigenvalue weighted by molar-refractivity contribution is -0.142. The van der Waals surface area contributed by atoms with Crippen molar-refractivity contribution in [3.63, 3.8) is 0 Å². The molecule has 5 heteroatoms. The number of hydrogen-bond donors (Lipinski definition) is 0. The van der Waals surface area contributed by atoms with Gasteiger partial charge in [0.1, 0.15) is 0 Å². The SMILES string of the molecule is CCOC(=O)Cc1ccc2c(c1)sc1ccc(Cl)c(Cl)c12. The Labute approximate surface area is 136 Å². The van der Waals surface area contributed by atoms with Crippen LogP contribution in [0.2, 0.25) is 10.0 Å². The third kappa shape index (κ3) is 2.73. The van der Waals surface area contributed by atoms with Crippen LogP contribution in [0.1, 0.15) is 12.5 Å². The van der Waals surface area contributed by atoms with Crippen LogP contribution in [0.15, 0.2) is 30.3 Å². The molecule has 0 spiro atoms. The summed E-state index contributed by atoms with van der Waals surface area (Å²) in [6.45, 7) is 2.21. The van der Waals surface area contributed by atoms with Crippen molar-refractivity contribution in [3.05, 3.63) is 45.9 Å². The molecule has 3 rings (SSSR count). The minimum Gasteiger partial charge on any atom is -0.466 e. The van der Waals surface area contributed by atoms with Crippen molar-refractivity contribution in [2.75, 3.05) is 6.61 Å². The highest BCUT2D eigenvalue weighted by Gasteiger charge is 2.12. The van der Waals surface area contributed by atoms with Gasteiger partial charge in [0.2, 0.25) is 0 Å². The summed E-state index contributed by atoms with van der Waals surface area (Å²) >= 11 is 14.0. The first-order valence-corrected chi connectivity index (χ1v) is 8.12. The number of carbonyl (C=O) groups is 1. The lowest BCUT2D eigenvalue weighted by Crippen LogP contribution is -2.07. The Morgan fingerprint density at radius 2 is 2.00 bits per heavy atom. The van der Waals surface area contributed by atoms with Gasteiger partial charge in [0.15, 0.2) is 0 Å². The maximum Gasteiger partial charge on any atom is 0.310 e. The van der Waals surface area contributed by atoms with E-state index in [1.165, 1.54) is 0 Å². The summed E-state index contributed by atoms with van der Waals surface area (Å²) in [5.74, 6) is -0.209. The molecule has 0 saturated heterocycles. The number of fused-ring (bicyclic) bond motifs is 3. The van der Waals surface area contributed by atoms with E-state index >= 15 is 0 Å². The minimum absolute atomic E-state index is 0.209. The van der Waals surface area contributed by atoms with Gasteiger partial charge < -0.3 is 4.74 Å². The molecule has 0 radical (unpaired) electrons. The summed E-state index contributed by atoms with van der Waals surface area (Å²) < 4.78 is 7.16. The van der Waals surface area contributed by atoms with Gasteiger partial charge in [-0.2, -0.15) is 0 Å². The van der Waals surface area contributed by atoms with Crippen LogP contribution < -0.4 is 0 Å². The van der Waals surface area contributed by atoms with E-state index < -0.39 is 0 Å². The van der Waals surface area contributed by atoms with Gasteiger partial charge in [0.05, 0.1) is 23.1 Å². The van der Waals surface area contributed by atoms with Crippen molar-refractivity contribution >= 4 is 60.7 Å². The molecular weight excluding hydrogens is 327 g/mol. The monoisotopic (exact) mass is 338 g/mol. The molecule has 0 atom stereocenters. The van der Waals surface area contributed by atoms with Crippen molar-refractivity contribution in [1.29, 1.82) is 0 Å². The smallest absolute Gasteiger partial charge is 0.310 e. The molecule has 2 aromatic carbocycles. The second-order valence-corrected chi connectivity index (χ2v) is 6.52. The predicted octanol–water partition coefficient (Wildman–Crippen LogP) is 5.47. The molecule has 21 heavy (non-hydrogen) atoms. The van der Waals surface area contributed by atoms with Gasteiger partial charge in [-0.15, -0.1) is 11.3 Å². The molecule has 3 aromatic rings. The van der Waals surface area contributed by atoms with E-state index in [0.717, 1.165) is 25.7 Å². The van der Waals surface area contributed by atoms with Crippen LogP contribution in [0, 0.1) is 0 Å². The molecule has 0 fully saturated rings. The predicted molar refractivity (Wildman–Crippen MR) is 89.7 cm³/mol. The molecule has 0 aliphatic carbocycles. The van der Waals surface area contributed by atoms with E-state index in [0.29, 0.717) is 16.7 Å². The molecule has 0 saturated carbocycles. The number of rotatable bonds is 3. The van der Waals surface area contributed by atoms with Gasteiger partial charge in [-0.3, -0.25) is 4.79 Å². The van der Waals surface area contributed by atoms with E-state index in [9.17, 15) is 4.79 Å². The Kier molecular flexibility index (Phi) is 4.07. The average molecular weight is 339 g/mol. The molecule has 0 aliphatic rings. The summed E-state index contributed by atoms with van der Waals surface area (Å²) in [6.07, 6.45) is 0.284. The summed E-state index contributed by atoms with van der Waals surface area (Å²) in [4.78, 5) is 11.6.